The highest BCUT2D eigenvalue weighted by atomic mass is 16.7. The SMILES string of the molecule is CC(=O)N[C@H]1[C@@H](OCc2ccccc2)O[C@@H](CO)[C@H](O)[C@H]1O. The number of amides is 1. The first-order chi connectivity index (χ1) is 10.5. The summed E-state index contributed by atoms with van der Waals surface area (Å²) in [6.45, 7) is 1.05. The Bertz CT molecular complexity index is 482. The molecule has 122 valence electrons. The average Bonchev–Trinajstić information content (AvgIpc) is 2.52. The Labute approximate surface area is 128 Å². The molecule has 1 amide bonds. The minimum atomic E-state index is -1.31. The van der Waals surface area contributed by atoms with Crippen LogP contribution in [0, 0.1) is 0 Å². The fourth-order valence-electron chi connectivity index (χ4n) is 2.37. The first-order valence-electron chi connectivity index (χ1n) is 7.08. The lowest BCUT2D eigenvalue weighted by Crippen LogP contribution is -2.64. The summed E-state index contributed by atoms with van der Waals surface area (Å²) in [5.41, 5.74) is 0.897. The lowest BCUT2D eigenvalue weighted by molar-refractivity contribution is -0.273. The lowest BCUT2D eigenvalue weighted by Gasteiger charge is -2.42. The molecule has 1 aromatic carbocycles. The normalized spacial score (nSPS) is 31.7. The van der Waals surface area contributed by atoms with Crippen molar-refractivity contribution in [1.82, 2.24) is 5.32 Å². The highest BCUT2D eigenvalue weighted by molar-refractivity contribution is 5.73. The predicted octanol–water partition coefficient (Wildman–Crippen LogP) is -0.853. The summed E-state index contributed by atoms with van der Waals surface area (Å²) < 4.78 is 11.1. The number of rotatable bonds is 5. The van der Waals surface area contributed by atoms with E-state index in [0.29, 0.717) is 0 Å². The molecule has 1 aliphatic rings. The van der Waals surface area contributed by atoms with Crippen LogP contribution in [0.2, 0.25) is 0 Å². The molecule has 1 heterocycles. The van der Waals surface area contributed by atoms with Crippen molar-refractivity contribution in [2.24, 2.45) is 0 Å². The number of aliphatic hydroxyl groups excluding tert-OH is 3. The molecule has 22 heavy (non-hydrogen) atoms. The molecule has 4 N–H and O–H groups in total. The average molecular weight is 311 g/mol. The van der Waals surface area contributed by atoms with Crippen LogP contribution in [0.5, 0.6) is 0 Å². The minimum absolute atomic E-state index is 0.211. The Kier molecular flexibility index (Phi) is 5.87. The van der Waals surface area contributed by atoms with Gasteiger partial charge in [-0.15, -0.1) is 0 Å². The van der Waals surface area contributed by atoms with E-state index in [2.05, 4.69) is 5.32 Å². The van der Waals surface area contributed by atoms with Gasteiger partial charge in [0.15, 0.2) is 6.29 Å². The van der Waals surface area contributed by atoms with Crippen molar-refractivity contribution in [3.05, 3.63) is 35.9 Å². The van der Waals surface area contributed by atoms with Crippen LogP contribution in [0.1, 0.15) is 12.5 Å². The molecule has 1 aliphatic heterocycles. The van der Waals surface area contributed by atoms with Crippen LogP contribution in [-0.4, -0.2) is 58.5 Å². The first-order valence-corrected chi connectivity index (χ1v) is 7.08. The second-order valence-corrected chi connectivity index (χ2v) is 5.23. The van der Waals surface area contributed by atoms with Crippen LogP contribution >= 0.6 is 0 Å². The van der Waals surface area contributed by atoms with Gasteiger partial charge >= 0.3 is 0 Å². The standard InChI is InChI=1S/C15H21NO6/c1-9(18)16-12-14(20)13(19)11(7-17)22-15(12)21-8-10-5-3-2-4-6-10/h2-6,11-15,17,19-20H,7-8H2,1H3,(H,16,18)/t11-,12+,13-,14-,15-/m0/s1. The summed E-state index contributed by atoms with van der Waals surface area (Å²) in [4.78, 5) is 11.3. The summed E-state index contributed by atoms with van der Waals surface area (Å²) in [6, 6.07) is 8.42. The Balaban J connectivity index is 2.07. The summed E-state index contributed by atoms with van der Waals surface area (Å²) in [5, 5.41) is 31.7. The van der Waals surface area contributed by atoms with E-state index in [1.54, 1.807) is 0 Å². The van der Waals surface area contributed by atoms with Gasteiger partial charge in [0.2, 0.25) is 5.91 Å². The third-order valence-corrected chi connectivity index (χ3v) is 3.51. The van der Waals surface area contributed by atoms with Gasteiger partial charge < -0.3 is 30.1 Å². The maximum Gasteiger partial charge on any atom is 0.217 e. The molecule has 1 aromatic rings. The molecule has 0 radical (unpaired) electrons. The smallest absolute Gasteiger partial charge is 0.217 e. The molecule has 7 heteroatoms. The number of nitrogens with one attached hydrogen (secondary N) is 1. The molecular formula is C15H21NO6. The zero-order valence-corrected chi connectivity index (χ0v) is 12.3. The summed E-state index contributed by atoms with van der Waals surface area (Å²) in [7, 11) is 0. The van der Waals surface area contributed by atoms with Crippen molar-refractivity contribution >= 4 is 5.91 Å². The van der Waals surface area contributed by atoms with Crippen molar-refractivity contribution in [3.8, 4) is 0 Å². The van der Waals surface area contributed by atoms with Crippen LogP contribution in [0.3, 0.4) is 0 Å². The number of benzene rings is 1. The number of aliphatic hydroxyl groups is 3. The Morgan fingerprint density at radius 2 is 1.95 bits per heavy atom. The van der Waals surface area contributed by atoms with Crippen LogP contribution < -0.4 is 5.32 Å². The largest absolute Gasteiger partial charge is 0.394 e. The topological polar surface area (TPSA) is 108 Å². The fraction of sp³-hybridized carbons (Fsp3) is 0.533. The van der Waals surface area contributed by atoms with Gasteiger partial charge in [0.1, 0.15) is 24.4 Å². The second-order valence-electron chi connectivity index (χ2n) is 5.23. The number of hydrogen-bond acceptors (Lipinski definition) is 6. The van der Waals surface area contributed by atoms with Gasteiger partial charge in [-0.1, -0.05) is 30.3 Å². The van der Waals surface area contributed by atoms with E-state index in [-0.39, 0.29) is 12.5 Å². The maximum atomic E-state index is 11.3. The van der Waals surface area contributed by atoms with Crippen molar-refractivity contribution < 1.29 is 29.6 Å². The van der Waals surface area contributed by atoms with Gasteiger partial charge in [-0.2, -0.15) is 0 Å². The van der Waals surface area contributed by atoms with Gasteiger partial charge in [-0.25, -0.2) is 0 Å². The molecule has 2 rings (SSSR count). The molecule has 7 nitrogen and oxygen atoms in total. The van der Waals surface area contributed by atoms with Crippen molar-refractivity contribution in [2.75, 3.05) is 6.61 Å². The number of carbonyl (C=O) groups excluding carboxylic acids is 1. The second kappa shape index (κ2) is 7.66. The summed E-state index contributed by atoms with van der Waals surface area (Å²) in [5.74, 6) is -0.379. The van der Waals surface area contributed by atoms with Gasteiger partial charge in [0.25, 0.3) is 0 Å². The fourth-order valence-corrected chi connectivity index (χ4v) is 2.37. The molecule has 0 aliphatic carbocycles. The van der Waals surface area contributed by atoms with Gasteiger partial charge in [-0.3, -0.25) is 4.79 Å². The molecule has 1 saturated heterocycles. The van der Waals surface area contributed by atoms with E-state index in [1.807, 2.05) is 30.3 Å². The minimum Gasteiger partial charge on any atom is -0.394 e. The molecule has 0 aromatic heterocycles. The zero-order chi connectivity index (χ0) is 16.1. The van der Waals surface area contributed by atoms with Gasteiger partial charge in [0.05, 0.1) is 13.2 Å². The van der Waals surface area contributed by atoms with Gasteiger partial charge in [0, 0.05) is 6.92 Å². The van der Waals surface area contributed by atoms with Crippen LogP contribution in [0.4, 0.5) is 0 Å². The molecule has 5 atom stereocenters. The van der Waals surface area contributed by atoms with E-state index in [1.165, 1.54) is 6.92 Å². The molecule has 1 fully saturated rings. The van der Waals surface area contributed by atoms with Crippen molar-refractivity contribution in [1.29, 1.82) is 0 Å². The number of hydrogen-bond donors (Lipinski definition) is 4. The molecular weight excluding hydrogens is 290 g/mol. The molecule has 0 bridgehead atoms. The van der Waals surface area contributed by atoms with Crippen LogP contribution in [0.15, 0.2) is 30.3 Å². The van der Waals surface area contributed by atoms with E-state index < -0.39 is 37.3 Å². The Morgan fingerprint density at radius 1 is 1.27 bits per heavy atom. The van der Waals surface area contributed by atoms with Crippen LogP contribution in [-0.2, 0) is 20.9 Å². The molecule has 0 unspecified atom stereocenters. The maximum absolute atomic E-state index is 11.3. The highest BCUT2D eigenvalue weighted by Gasteiger charge is 2.45. The monoisotopic (exact) mass is 311 g/mol. The zero-order valence-electron chi connectivity index (χ0n) is 12.3. The van der Waals surface area contributed by atoms with Crippen molar-refractivity contribution in [2.45, 2.75) is 44.2 Å². The number of ether oxygens (including phenoxy) is 2. The Morgan fingerprint density at radius 3 is 2.55 bits per heavy atom. The quantitative estimate of drug-likeness (QED) is 0.564. The highest BCUT2D eigenvalue weighted by Crippen LogP contribution is 2.23. The summed E-state index contributed by atoms with van der Waals surface area (Å²) >= 11 is 0. The molecule has 0 saturated carbocycles. The van der Waals surface area contributed by atoms with Crippen LogP contribution in [0.25, 0.3) is 0 Å². The predicted molar refractivity (Wildman–Crippen MR) is 76.6 cm³/mol. The number of carbonyl (C=O) groups is 1. The van der Waals surface area contributed by atoms with E-state index in [4.69, 9.17) is 9.47 Å². The van der Waals surface area contributed by atoms with Crippen molar-refractivity contribution in [3.63, 3.8) is 0 Å². The van der Waals surface area contributed by atoms with E-state index in [9.17, 15) is 20.1 Å². The van der Waals surface area contributed by atoms with Gasteiger partial charge in [-0.05, 0) is 5.56 Å². The molecule has 0 spiro atoms. The third kappa shape index (κ3) is 4.02. The third-order valence-electron chi connectivity index (χ3n) is 3.51. The van der Waals surface area contributed by atoms with E-state index in [0.717, 1.165) is 5.56 Å². The summed E-state index contributed by atoms with van der Waals surface area (Å²) in [6.07, 6.45) is -4.55. The van der Waals surface area contributed by atoms with E-state index >= 15 is 0 Å². The Hall–Kier alpha value is -1.51. The first kappa shape index (κ1) is 16.9. The lowest BCUT2D eigenvalue weighted by atomic mass is 9.97.